The predicted molar refractivity (Wildman–Crippen MR) is 164 cm³/mol. The molecule has 1 saturated carbocycles. The Morgan fingerprint density at radius 1 is 1.09 bits per heavy atom. The zero-order valence-electron chi connectivity index (χ0n) is 24.8. The molecule has 232 valence electrons. The van der Waals surface area contributed by atoms with Crippen LogP contribution in [0.5, 0.6) is 5.75 Å². The number of rotatable bonds is 6. The van der Waals surface area contributed by atoms with E-state index in [2.05, 4.69) is 22.3 Å². The summed E-state index contributed by atoms with van der Waals surface area (Å²) in [6.07, 6.45) is 1.69. The molecule has 44 heavy (non-hydrogen) atoms. The molecule has 0 unspecified atom stereocenters. The number of Topliss-reactive ketones (excluding diaryl/α,β-unsaturated/α-hetero) is 2. The van der Waals surface area contributed by atoms with Gasteiger partial charge in [-0.1, -0.05) is 30.3 Å². The number of aromatic hydroxyl groups is 1. The van der Waals surface area contributed by atoms with Gasteiger partial charge in [-0.3, -0.25) is 19.3 Å². The monoisotopic (exact) mass is 602 g/mol. The molecule has 0 bridgehead atoms. The van der Waals surface area contributed by atoms with E-state index in [4.69, 9.17) is 5.73 Å². The van der Waals surface area contributed by atoms with Crippen LogP contribution in [0.2, 0.25) is 0 Å². The summed E-state index contributed by atoms with van der Waals surface area (Å²) in [5.41, 5.74) is 4.91. The van der Waals surface area contributed by atoms with E-state index >= 15 is 0 Å². The van der Waals surface area contributed by atoms with Crippen LogP contribution in [-0.2, 0) is 27.3 Å². The van der Waals surface area contributed by atoms with E-state index in [-0.39, 0.29) is 42.2 Å². The van der Waals surface area contributed by atoms with Crippen LogP contribution in [0, 0.1) is 11.8 Å². The van der Waals surface area contributed by atoms with Gasteiger partial charge in [0, 0.05) is 63.4 Å². The van der Waals surface area contributed by atoms with Crippen molar-refractivity contribution in [2.45, 2.75) is 50.3 Å². The number of amides is 1. The Hall–Kier alpha value is -4.35. The van der Waals surface area contributed by atoms with Crippen LogP contribution in [-0.4, -0.2) is 81.6 Å². The highest BCUT2D eigenvalue weighted by Gasteiger charge is 2.60. The maximum absolute atomic E-state index is 13.9. The van der Waals surface area contributed by atoms with Crippen molar-refractivity contribution in [1.29, 1.82) is 0 Å². The van der Waals surface area contributed by atoms with Crippen LogP contribution < -0.4 is 16.0 Å². The summed E-state index contributed by atoms with van der Waals surface area (Å²) in [6, 6.07) is 12.2. The first-order valence-corrected chi connectivity index (χ1v) is 15.0. The van der Waals surface area contributed by atoms with Crippen LogP contribution >= 0.6 is 0 Å². The second kappa shape index (κ2) is 11.0. The highest BCUT2D eigenvalue weighted by Crippen LogP contribution is 2.54. The topological polar surface area (TPSA) is 177 Å². The van der Waals surface area contributed by atoms with Crippen molar-refractivity contribution >= 4 is 34.6 Å². The quantitative estimate of drug-likeness (QED) is 0.213. The van der Waals surface area contributed by atoms with Crippen molar-refractivity contribution in [3.63, 3.8) is 0 Å². The van der Waals surface area contributed by atoms with Crippen molar-refractivity contribution in [3.05, 3.63) is 70.0 Å². The number of likely N-dealkylation sites (tertiary alicyclic amines) is 1. The first-order valence-electron chi connectivity index (χ1n) is 15.0. The number of anilines is 2. The Kier molecular flexibility index (Phi) is 7.41. The predicted octanol–water partition coefficient (Wildman–Crippen LogP) is 2.57. The zero-order chi connectivity index (χ0) is 31.5. The van der Waals surface area contributed by atoms with Gasteiger partial charge >= 0.3 is 0 Å². The first-order chi connectivity index (χ1) is 20.9. The summed E-state index contributed by atoms with van der Waals surface area (Å²) in [5.74, 6) is -6.33. The van der Waals surface area contributed by atoms with Crippen molar-refractivity contribution in [2.24, 2.45) is 17.6 Å². The molecule has 7 N–H and O–H groups in total. The number of nitrogens with one attached hydrogen (secondary N) is 1. The smallest absolute Gasteiger partial charge is 0.255 e. The molecule has 3 atom stereocenters. The fraction of sp³-hybridized carbons (Fsp3) is 0.424. The fourth-order valence-electron chi connectivity index (χ4n) is 7.48. The van der Waals surface area contributed by atoms with E-state index in [0.29, 0.717) is 11.3 Å². The van der Waals surface area contributed by atoms with Gasteiger partial charge in [0.15, 0.2) is 11.4 Å². The molecule has 1 amide bonds. The van der Waals surface area contributed by atoms with Gasteiger partial charge < -0.3 is 36.4 Å². The van der Waals surface area contributed by atoms with Crippen LogP contribution in [0.4, 0.5) is 11.4 Å². The first kappa shape index (κ1) is 29.7. The summed E-state index contributed by atoms with van der Waals surface area (Å²) < 4.78 is 0. The SMILES string of the molecule is CN(C)c1cc(NC2CCN(Cc3ccccc3)CC2)c(O)c2c1C[C@H]1C[C@H]3CC(=O)C(C(N)=O)=C(O)[C@@]3(O)C(=O)C1=C2O. The van der Waals surface area contributed by atoms with Gasteiger partial charge in [0.2, 0.25) is 5.78 Å². The molecular formula is C33H38N4O7. The third-order valence-electron chi connectivity index (χ3n) is 9.72. The normalized spacial score (nSPS) is 25.8. The summed E-state index contributed by atoms with van der Waals surface area (Å²) >= 11 is 0. The minimum absolute atomic E-state index is 0.0685. The number of primary amides is 1. The maximum atomic E-state index is 13.9. The Morgan fingerprint density at radius 3 is 2.41 bits per heavy atom. The maximum Gasteiger partial charge on any atom is 0.255 e. The Labute approximate surface area is 255 Å². The largest absolute Gasteiger partial charge is 0.508 e. The summed E-state index contributed by atoms with van der Waals surface area (Å²) in [4.78, 5) is 42.7. The molecule has 4 aliphatic rings. The Balaban J connectivity index is 1.33. The molecule has 0 aromatic heterocycles. The molecule has 6 rings (SSSR count). The molecule has 2 fully saturated rings. The van der Waals surface area contributed by atoms with Gasteiger partial charge in [-0.2, -0.15) is 0 Å². The fourth-order valence-corrected chi connectivity index (χ4v) is 7.48. The van der Waals surface area contributed by atoms with Gasteiger partial charge in [-0.05, 0) is 48.8 Å². The molecule has 11 nitrogen and oxygen atoms in total. The lowest BCUT2D eigenvalue weighted by Gasteiger charge is -2.46. The van der Waals surface area contributed by atoms with Crippen LogP contribution in [0.15, 0.2) is 53.3 Å². The third-order valence-corrected chi connectivity index (χ3v) is 9.72. The zero-order valence-corrected chi connectivity index (χ0v) is 24.8. The van der Waals surface area contributed by atoms with E-state index < -0.39 is 52.0 Å². The number of fused-ring (bicyclic) bond motifs is 3. The lowest BCUT2D eigenvalue weighted by Crippen LogP contribution is -2.58. The number of hydrogen-bond donors (Lipinski definition) is 6. The van der Waals surface area contributed by atoms with Crippen molar-refractivity contribution in [2.75, 3.05) is 37.4 Å². The number of carbonyl (C=O) groups is 3. The Morgan fingerprint density at radius 2 is 1.77 bits per heavy atom. The minimum atomic E-state index is -2.58. The number of phenols is 1. The van der Waals surface area contributed by atoms with E-state index in [0.717, 1.165) is 38.2 Å². The second-order valence-electron chi connectivity index (χ2n) is 12.6. The van der Waals surface area contributed by atoms with Gasteiger partial charge in [0.25, 0.3) is 5.91 Å². The van der Waals surface area contributed by atoms with Crippen LogP contribution in [0.25, 0.3) is 5.76 Å². The average Bonchev–Trinajstić information content (AvgIpc) is 2.97. The van der Waals surface area contributed by atoms with E-state index in [1.54, 1.807) is 0 Å². The molecule has 1 saturated heterocycles. The summed E-state index contributed by atoms with van der Waals surface area (Å²) in [7, 11) is 3.71. The minimum Gasteiger partial charge on any atom is -0.508 e. The number of nitrogens with two attached hydrogens (primary N) is 1. The van der Waals surface area contributed by atoms with Crippen molar-refractivity contribution in [3.8, 4) is 5.75 Å². The van der Waals surface area contributed by atoms with E-state index in [9.17, 15) is 34.8 Å². The average molecular weight is 603 g/mol. The van der Waals surface area contributed by atoms with Crippen LogP contribution in [0.3, 0.4) is 0 Å². The number of phenolic OH excluding ortho intramolecular Hbond substituents is 1. The molecule has 2 aromatic rings. The van der Waals surface area contributed by atoms with E-state index in [1.165, 1.54) is 5.56 Å². The van der Waals surface area contributed by atoms with Crippen molar-refractivity contribution in [1.82, 2.24) is 4.90 Å². The molecule has 0 radical (unpaired) electrons. The number of hydrogen-bond acceptors (Lipinski definition) is 10. The van der Waals surface area contributed by atoms with Crippen molar-refractivity contribution < 1.29 is 34.8 Å². The second-order valence-corrected chi connectivity index (χ2v) is 12.6. The highest BCUT2D eigenvalue weighted by molar-refractivity contribution is 6.22. The molecular weight excluding hydrogens is 564 g/mol. The van der Waals surface area contributed by atoms with Gasteiger partial charge in [-0.25, -0.2) is 0 Å². The lowest BCUT2D eigenvalue weighted by molar-refractivity contribution is -0.147. The standard InChI is InChI=1S/C33H38N4O7/c1-36(2)23-15-22(35-20-8-10-37(11-9-20)16-17-6-4-3-5-7-17)28(39)26-21(23)13-18-12-19-14-24(38)27(32(34)43)31(42)33(19,44)30(41)25(18)29(26)40/h3-7,15,18-20,35,39-40,42,44H,8-14,16H2,1-2H3,(H2,34,43)/t18-,19+,33+/m1/s1. The van der Waals surface area contributed by atoms with Crippen LogP contribution in [0.1, 0.15) is 42.4 Å². The molecule has 1 aliphatic heterocycles. The highest BCUT2D eigenvalue weighted by atomic mass is 16.3. The number of piperidine rings is 1. The third kappa shape index (κ3) is 4.71. The van der Waals surface area contributed by atoms with Gasteiger partial charge in [0.1, 0.15) is 22.8 Å². The number of aliphatic hydroxyl groups is 3. The Bertz CT molecular complexity index is 1610. The number of ketones is 2. The van der Waals surface area contributed by atoms with Gasteiger partial charge in [-0.15, -0.1) is 0 Å². The molecule has 2 aromatic carbocycles. The molecule has 3 aliphatic carbocycles. The van der Waals surface area contributed by atoms with Gasteiger partial charge in [0.05, 0.1) is 11.3 Å². The number of aliphatic hydroxyl groups excluding tert-OH is 2. The summed E-state index contributed by atoms with van der Waals surface area (Å²) in [5, 5.41) is 48.9. The molecule has 1 heterocycles. The summed E-state index contributed by atoms with van der Waals surface area (Å²) in [6.45, 7) is 2.61. The molecule has 11 heteroatoms. The number of carbonyl (C=O) groups excluding carboxylic acids is 3. The number of benzene rings is 2. The van der Waals surface area contributed by atoms with E-state index in [1.807, 2.05) is 43.3 Å². The molecule has 0 spiro atoms. The number of nitrogens with zero attached hydrogens (tertiary/aromatic N) is 2. The lowest BCUT2D eigenvalue weighted by atomic mass is 9.59.